The highest BCUT2D eigenvalue weighted by Crippen LogP contribution is 2.80. The lowest BCUT2D eigenvalue weighted by Crippen LogP contribution is -2.95. The molecule has 1 aliphatic heterocycles. The van der Waals surface area contributed by atoms with Gasteiger partial charge in [-0.15, -0.1) is 0 Å². The van der Waals surface area contributed by atoms with Crippen LogP contribution in [0, 0.1) is 5.92 Å². The van der Waals surface area contributed by atoms with Crippen LogP contribution in [0.25, 0.3) is 0 Å². The van der Waals surface area contributed by atoms with Gasteiger partial charge in [0.15, 0.2) is 5.92 Å². The van der Waals surface area contributed by atoms with Gasteiger partial charge in [0.2, 0.25) is 4.32 Å². The molecule has 4 aliphatic rings. The van der Waals surface area contributed by atoms with Crippen molar-refractivity contribution in [2.24, 2.45) is 5.92 Å². The smallest absolute Gasteiger partial charge is 0.337 e. The van der Waals surface area contributed by atoms with Crippen LogP contribution in [0.4, 0.5) is 43.9 Å². The molecule has 4 fully saturated rings. The Morgan fingerprint density at radius 2 is 1.00 bits per heavy atom. The molecule has 0 aromatic rings. The van der Waals surface area contributed by atoms with Crippen LogP contribution in [0.5, 0.6) is 0 Å². The van der Waals surface area contributed by atoms with Crippen molar-refractivity contribution in [1.29, 1.82) is 0 Å². The van der Waals surface area contributed by atoms with Gasteiger partial charge in [0.1, 0.15) is 0 Å². The van der Waals surface area contributed by atoms with Crippen molar-refractivity contribution in [1.82, 2.24) is 0 Å². The fourth-order valence-corrected chi connectivity index (χ4v) is 4.36. The fraction of sp³-hybridized carbons (Fsp3) is 1.00. The normalized spacial score (nSPS) is 43.7. The minimum atomic E-state index is -6.16. The zero-order valence-electron chi connectivity index (χ0n) is 10.5. The molecule has 0 radical (unpaired) electrons. The average Bonchev–Trinajstić information content (AvgIpc) is 2.84. The highest BCUT2D eigenvalue weighted by molar-refractivity contribution is 9.10. The molecule has 0 N–H and O–H groups in total. The second kappa shape index (κ2) is 3.92. The summed E-state index contributed by atoms with van der Waals surface area (Å²) in [5.74, 6) is -39.3. The van der Waals surface area contributed by atoms with E-state index >= 15 is 0 Å². The third-order valence-electron chi connectivity index (χ3n) is 4.38. The first-order chi connectivity index (χ1) is 10.1. The summed E-state index contributed by atoms with van der Waals surface area (Å²) in [6, 6.07) is 0. The second-order valence-electron chi connectivity index (χ2n) is 5.42. The summed E-state index contributed by atoms with van der Waals surface area (Å²) >= 11 is 1.40. The zero-order valence-corrected chi connectivity index (χ0v) is 12.1. The Balaban J connectivity index is 2.45. The topological polar surface area (TPSA) is 18.5 Å². The van der Waals surface area contributed by atoms with E-state index in [9.17, 15) is 43.9 Å². The molecule has 1 heterocycles. The highest BCUT2D eigenvalue weighted by atomic mass is 79.9. The summed E-state index contributed by atoms with van der Waals surface area (Å²) in [4.78, 5) is 0. The second-order valence-corrected chi connectivity index (χ2v) is 6.61. The SMILES string of the molecule is FC1(F)C2C(F)(F)C(F)(F)C(Br)(C1(F)F)C1(OCCO1)C2(F)F. The molecule has 13 heteroatoms. The quantitative estimate of drug-likeness (QED) is 0.434. The predicted octanol–water partition coefficient (Wildman–Crippen LogP) is 3.68. The molecular formula is C10H5BrF10O2. The van der Waals surface area contributed by atoms with Crippen molar-refractivity contribution >= 4 is 15.9 Å². The van der Waals surface area contributed by atoms with Crippen LogP contribution in [-0.4, -0.2) is 52.9 Å². The molecule has 0 aromatic heterocycles. The molecular weight excluding hydrogens is 422 g/mol. The van der Waals surface area contributed by atoms with E-state index < -0.39 is 58.9 Å². The highest BCUT2D eigenvalue weighted by Gasteiger charge is 3.07. The Bertz CT molecular complexity index is 528. The van der Waals surface area contributed by atoms with Crippen LogP contribution < -0.4 is 0 Å². The van der Waals surface area contributed by atoms with E-state index in [-0.39, 0.29) is 0 Å². The molecule has 3 saturated carbocycles. The van der Waals surface area contributed by atoms with Gasteiger partial charge in [-0.1, -0.05) is 15.9 Å². The molecule has 0 amide bonds. The van der Waals surface area contributed by atoms with Crippen LogP contribution in [0.1, 0.15) is 0 Å². The third-order valence-corrected chi connectivity index (χ3v) is 5.89. The van der Waals surface area contributed by atoms with Crippen LogP contribution in [-0.2, 0) is 9.47 Å². The van der Waals surface area contributed by atoms with E-state index in [1.807, 2.05) is 0 Å². The van der Waals surface area contributed by atoms with Crippen LogP contribution >= 0.6 is 15.9 Å². The molecule has 4 rings (SSSR count). The van der Waals surface area contributed by atoms with Gasteiger partial charge in [0.25, 0.3) is 5.79 Å². The summed E-state index contributed by atoms with van der Waals surface area (Å²) in [5, 5.41) is 0. The minimum Gasteiger partial charge on any atom is -0.341 e. The summed E-state index contributed by atoms with van der Waals surface area (Å²) in [6.07, 6.45) is 0. The Morgan fingerprint density at radius 1 is 0.652 bits per heavy atom. The van der Waals surface area contributed by atoms with E-state index in [0.717, 1.165) is 0 Å². The molecule has 0 atom stereocenters. The molecule has 2 nitrogen and oxygen atoms in total. The van der Waals surface area contributed by atoms with Crippen LogP contribution in [0.15, 0.2) is 0 Å². The first-order valence-corrected chi connectivity index (χ1v) is 6.72. The zero-order chi connectivity index (χ0) is 17.9. The van der Waals surface area contributed by atoms with Crippen molar-refractivity contribution in [3.8, 4) is 0 Å². The summed E-state index contributed by atoms with van der Waals surface area (Å²) < 4.78 is 143. The van der Waals surface area contributed by atoms with E-state index in [1.54, 1.807) is 0 Å². The Kier molecular flexibility index (Phi) is 2.99. The summed E-state index contributed by atoms with van der Waals surface area (Å²) in [6.45, 7) is -1.89. The molecule has 0 unspecified atom stereocenters. The molecule has 3 aliphatic carbocycles. The number of alkyl halides is 11. The van der Waals surface area contributed by atoms with Gasteiger partial charge in [0.05, 0.1) is 13.2 Å². The van der Waals surface area contributed by atoms with E-state index in [4.69, 9.17) is 0 Å². The molecule has 0 aromatic carbocycles. The molecule has 2 bridgehead atoms. The van der Waals surface area contributed by atoms with Crippen molar-refractivity contribution < 1.29 is 53.4 Å². The maximum atomic E-state index is 14.3. The molecule has 23 heavy (non-hydrogen) atoms. The number of ether oxygens (including phenoxy) is 2. The molecule has 1 saturated heterocycles. The Morgan fingerprint density at radius 3 is 1.35 bits per heavy atom. The number of hydrogen-bond donors (Lipinski definition) is 0. The maximum absolute atomic E-state index is 14.3. The van der Waals surface area contributed by atoms with Crippen LogP contribution in [0.2, 0.25) is 0 Å². The summed E-state index contributed by atoms with van der Waals surface area (Å²) in [7, 11) is 0. The van der Waals surface area contributed by atoms with Crippen LogP contribution in [0.3, 0.4) is 0 Å². The van der Waals surface area contributed by atoms with Gasteiger partial charge in [-0.3, -0.25) is 0 Å². The lowest BCUT2D eigenvalue weighted by atomic mass is 9.56. The van der Waals surface area contributed by atoms with Gasteiger partial charge in [-0.25, -0.2) is 0 Å². The van der Waals surface area contributed by atoms with Gasteiger partial charge < -0.3 is 9.47 Å². The lowest BCUT2D eigenvalue weighted by molar-refractivity contribution is -0.521. The number of fused-ring (bicyclic) bond motifs is 2. The fourth-order valence-electron chi connectivity index (χ4n) is 3.34. The van der Waals surface area contributed by atoms with E-state index in [0.29, 0.717) is 0 Å². The van der Waals surface area contributed by atoms with Crippen molar-refractivity contribution in [2.45, 2.75) is 39.7 Å². The largest absolute Gasteiger partial charge is 0.341 e. The number of hydrogen-bond acceptors (Lipinski definition) is 2. The Hall–Kier alpha value is -0.300. The van der Waals surface area contributed by atoms with Crippen molar-refractivity contribution in [3.63, 3.8) is 0 Å². The van der Waals surface area contributed by atoms with Crippen molar-refractivity contribution in [3.05, 3.63) is 0 Å². The lowest BCUT2D eigenvalue weighted by Gasteiger charge is -2.66. The van der Waals surface area contributed by atoms with E-state index in [2.05, 4.69) is 9.47 Å². The first-order valence-electron chi connectivity index (χ1n) is 5.93. The van der Waals surface area contributed by atoms with Gasteiger partial charge in [-0.2, -0.15) is 43.9 Å². The number of rotatable bonds is 0. The monoisotopic (exact) mass is 426 g/mol. The third kappa shape index (κ3) is 1.29. The van der Waals surface area contributed by atoms with Gasteiger partial charge in [-0.05, 0) is 0 Å². The molecule has 1 spiro atoms. The van der Waals surface area contributed by atoms with Gasteiger partial charge in [0, 0.05) is 0 Å². The Labute approximate surface area is 129 Å². The van der Waals surface area contributed by atoms with E-state index in [1.165, 1.54) is 15.9 Å². The maximum Gasteiger partial charge on any atom is 0.337 e. The molecule has 134 valence electrons. The standard InChI is InChI=1S/C10H5BrF10O2/c11-7-8(18,19)4(12,13)3(5(14,15)9(7,20)21)6(16,17)10(7)22-1-2-23-10/h3H,1-2H2. The van der Waals surface area contributed by atoms with Crippen molar-refractivity contribution in [2.75, 3.05) is 13.2 Å². The predicted molar refractivity (Wildman–Crippen MR) is 54.5 cm³/mol. The van der Waals surface area contributed by atoms with Gasteiger partial charge >= 0.3 is 29.6 Å². The minimum absolute atomic E-state index is 0.945. The number of halogens is 11. The average molecular weight is 427 g/mol. The summed E-state index contributed by atoms with van der Waals surface area (Å²) in [5.41, 5.74) is 0. The first kappa shape index (κ1) is 17.5.